The second-order valence-corrected chi connectivity index (χ2v) is 27.0. The van der Waals surface area contributed by atoms with Crippen LogP contribution in [-0.2, 0) is 31.9 Å². The molecule has 1 aliphatic rings. The van der Waals surface area contributed by atoms with Crippen LogP contribution >= 0.6 is 0 Å². The third-order valence-corrected chi connectivity index (χ3v) is 14.2. The Balaban J connectivity index is 0.000000199. The zero-order chi connectivity index (χ0) is 36.6. The molecule has 0 aliphatic carbocycles. The van der Waals surface area contributed by atoms with Gasteiger partial charge in [-0.25, -0.2) is 0 Å². The van der Waals surface area contributed by atoms with E-state index in [1.807, 2.05) is 36.4 Å². The number of fused-ring (bicyclic) bond motifs is 4. The Morgan fingerprint density at radius 1 is 0.792 bits per heavy atom. The summed E-state index contributed by atoms with van der Waals surface area (Å²) in [5.74, 6) is 8.04. The third kappa shape index (κ3) is 8.21. The first-order valence-corrected chi connectivity index (χ1v) is 25.8. The van der Waals surface area contributed by atoms with Crippen molar-refractivity contribution >= 4 is 51.0 Å². The molecule has 5 aromatic carbocycles. The Bertz CT molecular complexity index is 2380. The van der Waals surface area contributed by atoms with E-state index in [0.29, 0.717) is 5.92 Å². The van der Waals surface area contributed by atoms with Gasteiger partial charge in [-0.1, -0.05) is 92.4 Å². The van der Waals surface area contributed by atoms with Gasteiger partial charge in [-0.3, -0.25) is 4.99 Å². The molecule has 2 aromatic heterocycles. The molecule has 3 nitrogen and oxygen atoms in total. The van der Waals surface area contributed by atoms with Crippen LogP contribution in [0.15, 0.2) is 131 Å². The maximum absolute atomic E-state index is 6.33. The van der Waals surface area contributed by atoms with Gasteiger partial charge in [0.2, 0.25) is 0 Å². The molecule has 1 atom stereocenters. The van der Waals surface area contributed by atoms with Crippen molar-refractivity contribution in [2.45, 2.75) is 69.6 Å². The Kier molecular flexibility index (Phi) is 11.5. The van der Waals surface area contributed by atoms with Crippen LogP contribution in [0.3, 0.4) is 0 Å². The van der Waals surface area contributed by atoms with E-state index in [9.17, 15) is 0 Å². The molecule has 0 spiro atoms. The summed E-state index contributed by atoms with van der Waals surface area (Å²) in [4.78, 5) is 9.80. The topological polar surface area (TPSA) is 38.4 Å². The van der Waals surface area contributed by atoms with Crippen molar-refractivity contribution in [2.75, 3.05) is 0 Å². The quantitative estimate of drug-likeness (QED) is 0.123. The van der Waals surface area contributed by atoms with Crippen LogP contribution in [0, 0.1) is 18.1 Å². The molecule has 1 aliphatic heterocycles. The summed E-state index contributed by atoms with van der Waals surface area (Å²) in [5.41, 5.74) is 12.3. The largest absolute Gasteiger partial charge is 0 e. The van der Waals surface area contributed by atoms with Gasteiger partial charge >= 0.3 is 126 Å². The van der Waals surface area contributed by atoms with Gasteiger partial charge in [-0.2, -0.15) is 0 Å². The van der Waals surface area contributed by atoms with Gasteiger partial charge in [0.05, 0.1) is 11.3 Å². The number of rotatable bonds is 6. The molecule has 0 N–H and O–H groups in total. The summed E-state index contributed by atoms with van der Waals surface area (Å²) in [6.45, 7) is 11.3. The minimum Gasteiger partial charge on any atom is 0 e. The average Bonchev–Trinajstić information content (AvgIpc) is 3.70. The normalized spacial score (nSPS) is 14.1. The Hall–Kier alpha value is -4.09. The Morgan fingerprint density at radius 3 is 2.21 bits per heavy atom. The van der Waals surface area contributed by atoms with Crippen molar-refractivity contribution in [3.05, 3.63) is 161 Å². The number of aliphatic imine (C=N–C) groups is 1. The fourth-order valence-corrected chi connectivity index (χ4v) is 10.6. The number of hydrogen-bond acceptors (Lipinski definition) is 3. The zero-order valence-corrected chi connectivity index (χ0v) is 36.5. The maximum atomic E-state index is 6.33. The molecule has 5 heteroatoms. The van der Waals surface area contributed by atoms with Crippen LogP contribution in [0.1, 0.15) is 68.4 Å². The molecule has 271 valence electrons. The van der Waals surface area contributed by atoms with Crippen molar-refractivity contribution in [1.29, 1.82) is 0 Å². The van der Waals surface area contributed by atoms with Crippen LogP contribution < -0.4 is 4.40 Å². The molecule has 1 unspecified atom stereocenters. The van der Waals surface area contributed by atoms with Gasteiger partial charge in [0.15, 0.2) is 0 Å². The molecule has 1 radical (unpaired) electrons. The third-order valence-electron chi connectivity index (χ3n) is 9.88. The summed E-state index contributed by atoms with van der Waals surface area (Å²) in [7, 11) is 0. The van der Waals surface area contributed by atoms with E-state index in [2.05, 4.69) is 149 Å². The van der Waals surface area contributed by atoms with Gasteiger partial charge in [0, 0.05) is 31.4 Å². The van der Waals surface area contributed by atoms with Gasteiger partial charge in [0.25, 0.3) is 0 Å². The maximum Gasteiger partial charge on any atom is 0 e. The van der Waals surface area contributed by atoms with Gasteiger partial charge in [-0.15, -0.1) is 18.2 Å². The number of hydrogen-bond donors (Lipinski definition) is 0. The smallest absolute Gasteiger partial charge is 0 e. The molecule has 0 bridgehead atoms. The molecule has 3 heterocycles. The molecule has 0 fully saturated rings. The molecule has 53 heavy (non-hydrogen) atoms. The fourth-order valence-electron chi connectivity index (χ4n) is 7.25. The second kappa shape index (κ2) is 15.7. The Morgan fingerprint density at radius 2 is 1.51 bits per heavy atom. The van der Waals surface area contributed by atoms with E-state index < -0.39 is 13.3 Å². The van der Waals surface area contributed by atoms with Gasteiger partial charge < -0.3 is 4.42 Å². The number of para-hydroxylation sites is 2. The second-order valence-electron chi connectivity index (χ2n) is 16.4. The molecule has 0 saturated carbocycles. The number of pyridine rings is 1. The summed E-state index contributed by atoms with van der Waals surface area (Å²) in [5, 5.41) is 2.23. The molecule has 8 rings (SSSR count). The van der Waals surface area contributed by atoms with E-state index in [1.54, 1.807) is 4.40 Å². The van der Waals surface area contributed by atoms with Crippen LogP contribution in [-0.4, -0.2) is 24.0 Å². The van der Waals surface area contributed by atoms with Crippen molar-refractivity contribution in [3.63, 3.8) is 0 Å². The summed E-state index contributed by atoms with van der Waals surface area (Å²) in [6, 6.07) is 46.8. The minimum absolute atomic E-state index is 0. The van der Waals surface area contributed by atoms with Crippen LogP contribution in [0.2, 0.25) is 17.3 Å². The van der Waals surface area contributed by atoms with E-state index in [1.165, 1.54) is 22.3 Å². The SMILES string of the molecule is CC(C)(C)c1ccc(C2C(c3[c-]ccc4c3oc3ccccc34)=Nc3ccccc32)cc1.CC(C)Cc1cc(-c2[c-]cccc2)nc[c]1[Ge]([CH3])([CH3])[CH3].[Ir]. The minimum atomic E-state index is -1.86. The van der Waals surface area contributed by atoms with Crippen LogP contribution in [0.5, 0.6) is 0 Å². The van der Waals surface area contributed by atoms with E-state index in [-0.39, 0.29) is 31.4 Å². The standard InChI is InChI=1S/C30H24NO.C18H24GeN.Ir/c1-30(2,3)20-17-15-19(16-18-20)27-23-10-4-6-13-25(23)31-28(27)24-12-8-11-22-21-9-5-7-14-26(21)32-29(22)24;1-14(2)11-16-12-18(15-9-7-6-8-10-15)20-13-17(16)19(3,4)5;/h4-11,13-18,27H,1-3H3;6-9,12-14H,11H2,1-5H3;/q2*-1;. The van der Waals surface area contributed by atoms with Gasteiger partial charge in [-0.05, 0) is 39.9 Å². The predicted molar refractivity (Wildman–Crippen MR) is 222 cm³/mol. The molecular weight excluding hydrogens is 885 g/mol. The van der Waals surface area contributed by atoms with Gasteiger partial charge in [0.1, 0.15) is 5.58 Å². The monoisotopic (exact) mass is 935 g/mol. The fraction of sp³-hybridized carbons (Fsp3) is 0.250. The summed E-state index contributed by atoms with van der Waals surface area (Å²) >= 11 is -1.86. The first-order chi connectivity index (χ1) is 24.9. The van der Waals surface area contributed by atoms with Crippen LogP contribution in [0.4, 0.5) is 5.69 Å². The van der Waals surface area contributed by atoms with Crippen molar-refractivity contribution in [1.82, 2.24) is 4.98 Å². The first kappa shape index (κ1) is 38.6. The van der Waals surface area contributed by atoms with E-state index in [0.717, 1.165) is 56.6 Å². The summed E-state index contributed by atoms with van der Waals surface area (Å²) in [6.07, 6.45) is 3.27. The van der Waals surface area contributed by atoms with Crippen molar-refractivity contribution in [3.8, 4) is 11.3 Å². The van der Waals surface area contributed by atoms with Crippen molar-refractivity contribution < 1.29 is 24.5 Å². The van der Waals surface area contributed by atoms with Crippen molar-refractivity contribution in [2.24, 2.45) is 10.9 Å². The average molecular weight is 934 g/mol. The van der Waals surface area contributed by atoms with Crippen LogP contribution in [0.25, 0.3) is 33.2 Å². The van der Waals surface area contributed by atoms with E-state index in [4.69, 9.17) is 14.4 Å². The molecule has 0 saturated heterocycles. The molecule has 0 amide bonds. The Labute approximate surface area is 331 Å². The summed E-state index contributed by atoms with van der Waals surface area (Å²) < 4.78 is 7.87. The zero-order valence-electron chi connectivity index (χ0n) is 32.0. The molecular formula is C48H48GeIrN2O-2. The predicted octanol–water partition coefficient (Wildman–Crippen LogP) is 12.2. The number of benzene rings is 5. The number of aromatic nitrogens is 1. The first-order valence-electron chi connectivity index (χ1n) is 18.4. The van der Waals surface area contributed by atoms with E-state index >= 15 is 0 Å². The number of nitrogens with zero attached hydrogens (tertiary/aromatic N) is 2. The molecule has 7 aromatic rings. The number of furan rings is 1.